The maximum Gasteiger partial charge on any atom is 0.276 e. The predicted molar refractivity (Wildman–Crippen MR) is 88.3 cm³/mol. The molecule has 0 spiro atoms. The average Bonchev–Trinajstić information content (AvgIpc) is 2.59. The van der Waals surface area contributed by atoms with Gasteiger partial charge < -0.3 is 10.1 Å². The highest BCUT2D eigenvalue weighted by molar-refractivity contribution is 6.10. The van der Waals surface area contributed by atoms with E-state index in [1.165, 1.54) is 31.4 Å². The third kappa shape index (κ3) is 3.96. The molecule has 0 fully saturated rings. The fraction of sp³-hybridized carbons (Fsp3) is 0.0588. The minimum absolute atomic E-state index is 0.180. The Balaban J connectivity index is 2.29. The number of nitriles is 1. The molecule has 120 valence electrons. The van der Waals surface area contributed by atoms with Crippen molar-refractivity contribution in [2.75, 3.05) is 12.4 Å². The summed E-state index contributed by atoms with van der Waals surface area (Å²) in [5.41, 5.74) is 0.203. The number of nitro groups is 1. The Morgan fingerprint density at radius 3 is 2.71 bits per heavy atom. The van der Waals surface area contributed by atoms with E-state index in [4.69, 9.17) is 4.74 Å². The van der Waals surface area contributed by atoms with Crippen LogP contribution in [0.25, 0.3) is 6.08 Å². The molecule has 1 amide bonds. The van der Waals surface area contributed by atoms with Gasteiger partial charge in [0.15, 0.2) is 0 Å². The van der Waals surface area contributed by atoms with Crippen LogP contribution >= 0.6 is 0 Å². The number of hydrogen-bond donors (Lipinski definition) is 1. The second-order valence-corrected chi connectivity index (χ2v) is 4.67. The van der Waals surface area contributed by atoms with Crippen molar-refractivity contribution in [3.63, 3.8) is 0 Å². The van der Waals surface area contributed by atoms with E-state index >= 15 is 0 Å². The molecular weight excluding hydrogens is 310 g/mol. The average molecular weight is 323 g/mol. The van der Waals surface area contributed by atoms with E-state index in [0.717, 1.165) is 0 Å². The standard InChI is InChI=1S/C17H13N3O4/c1-24-15-7-4-6-14(10-15)19-17(21)13(11-18)9-12-5-2-3-8-16(12)20(22)23/h2-10H,1H3,(H,19,21)/b13-9-. The molecule has 0 aliphatic carbocycles. The molecule has 7 heteroatoms. The minimum Gasteiger partial charge on any atom is -0.497 e. The Morgan fingerprint density at radius 1 is 1.29 bits per heavy atom. The molecule has 0 heterocycles. The highest BCUT2D eigenvalue weighted by Crippen LogP contribution is 2.22. The first kappa shape index (κ1) is 16.7. The predicted octanol–water partition coefficient (Wildman–Crippen LogP) is 3.15. The van der Waals surface area contributed by atoms with E-state index in [-0.39, 0.29) is 16.8 Å². The topological polar surface area (TPSA) is 105 Å². The van der Waals surface area contributed by atoms with Crippen LogP contribution in [0.2, 0.25) is 0 Å². The van der Waals surface area contributed by atoms with E-state index in [2.05, 4.69) is 5.32 Å². The summed E-state index contributed by atoms with van der Waals surface area (Å²) in [5, 5.41) is 22.8. The van der Waals surface area contributed by atoms with Crippen molar-refractivity contribution < 1.29 is 14.5 Å². The summed E-state index contributed by atoms with van der Waals surface area (Å²) in [4.78, 5) is 22.6. The van der Waals surface area contributed by atoms with Crippen LogP contribution in [-0.4, -0.2) is 17.9 Å². The molecule has 0 atom stereocenters. The molecule has 0 saturated heterocycles. The molecule has 2 aromatic carbocycles. The maximum absolute atomic E-state index is 12.2. The molecule has 0 radical (unpaired) electrons. The van der Waals surface area contributed by atoms with Gasteiger partial charge in [0, 0.05) is 17.8 Å². The fourth-order valence-electron chi connectivity index (χ4n) is 1.98. The zero-order valence-electron chi connectivity index (χ0n) is 12.7. The Labute approximate surface area is 137 Å². The first-order chi connectivity index (χ1) is 11.5. The molecule has 0 aromatic heterocycles. The lowest BCUT2D eigenvalue weighted by Crippen LogP contribution is -2.13. The van der Waals surface area contributed by atoms with Crippen LogP contribution in [0.1, 0.15) is 5.56 Å². The number of nitrogens with zero attached hydrogens (tertiary/aromatic N) is 2. The lowest BCUT2D eigenvalue weighted by atomic mass is 10.1. The summed E-state index contributed by atoms with van der Waals surface area (Å²) in [5.74, 6) is -0.113. The monoisotopic (exact) mass is 323 g/mol. The second kappa shape index (κ2) is 7.56. The summed E-state index contributed by atoms with van der Waals surface area (Å²) < 4.78 is 5.06. The van der Waals surface area contributed by atoms with E-state index in [1.54, 1.807) is 36.4 Å². The number of nitrogens with one attached hydrogen (secondary N) is 1. The van der Waals surface area contributed by atoms with Crippen LogP contribution in [-0.2, 0) is 4.79 Å². The van der Waals surface area contributed by atoms with Crippen LogP contribution < -0.4 is 10.1 Å². The molecular formula is C17H13N3O4. The Kier molecular flexibility index (Phi) is 5.26. The second-order valence-electron chi connectivity index (χ2n) is 4.67. The number of carbonyl (C=O) groups excluding carboxylic acids is 1. The maximum atomic E-state index is 12.2. The largest absolute Gasteiger partial charge is 0.497 e. The van der Waals surface area contributed by atoms with Gasteiger partial charge in [-0.1, -0.05) is 18.2 Å². The van der Waals surface area contributed by atoms with Gasteiger partial charge in [0.05, 0.1) is 17.6 Å². The van der Waals surface area contributed by atoms with Crippen molar-refractivity contribution in [1.29, 1.82) is 5.26 Å². The van der Waals surface area contributed by atoms with Gasteiger partial charge in [-0.3, -0.25) is 14.9 Å². The number of para-hydroxylation sites is 1. The van der Waals surface area contributed by atoms with Gasteiger partial charge in [0.2, 0.25) is 0 Å². The number of amides is 1. The molecule has 2 aromatic rings. The van der Waals surface area contributed by atoms with E-state index < -0.39 is 10.8 Å². The molecule has 7 nitrogen and oxygen atoms in total. The van der Waals surface area contributed by atoms with E-state index in [0.29, 0.717) is 11.4 Å². The SMILES string of the molecule is COc1cccc(NC(=O)/C(C#N)=C\c2ccccc2[N+](=O)[O-])c1. The first-order valence-electron chi connectivity index (χ1n) is 6.85. The van der Waals surface area contributed by atoms with Crippen LogP contribution in [0.5, 0.6) is 5.75 Å². The smallest absolute Gasteiger partial charge is 0.276 e. The lowest BCUT2D eigenvalue weighted by molar-refractivity contribution is -0.385. The number of hydrogen-bond acceptors (Lipinski definition) is 5. The fourth-order valence-corrected chi connectivity index (χ4v) is 1.98. The van der Waals surface area contributed by atoms with E-state index in [9.17, 15) is 20.2 Å². The summed E-state index contributed by atoms with van der Waals surface area (Å²) in [6.45, 7) is 0. The normalized spacial score (nSPS) is 10.6. The number of nitro benzene ring substituents is 1. The van der Waals surface area contributed by atoms with Gasteiger partial charge in [0.1, 0.15) is 17.4 Å². The summed E-state index contributed by atoms with van der Waals surface area (Å²) >= 11 is 0. The number of carbonyl (C=O) groups is 1. The third-order valence-electron chi connectivity index (χ3n) is 3.13. The van der Waals surface area contributed by atoms with Crippen LogP contribution in [0, 0.1) is 21.4 Å². The summed E-state index contributed by atoms with van der Waals surface area (Å²) in [6, 6.07) is 14.3. The highest BCUT2D eigenvalue weighted by atomic mass is 16.6. The van der Waals surface area contributed by atoms with Gasteiger partial charge >= 0.3 is 0 Å². The molecule has 0 saturated carbocycles. The van der Waals surface area contributed by atoms with Crippen molar-refractivity contribution in [2.24, 2.45) is 0 Å². The van der Waals surface area contributed by atoms with Crippen LogP contribution in [0.4, 0.5) is 11.4 Å². The third-order valence-corrected chi connectivity index (χ3v) is 3.13. The van der Waals surface area contributed by atoms with Gasteiger partial charge in [0.25, 0.3) is 11.6 Å². The zero-order chi connectivity index (χ0) is 17.5. The molecule has 0 unspecified atom stereocenters. The van der Waals surface area contributed by atoms with Crippen molar-refractivity contribution >= 4 is 23.4 Å². The van der Waals surface area contributed by atoms with Gasteiger partial charge in [-0.05, 0) is 24.3 Å². The minimum atomic E-state index is -0.663. The molecule has 0 aliphatic heterocycles. The van der Waals surface area contributed by atoms with Gasteiger partial charge in [-0.2, -0.15) is 5.26 Å². The summed E-state index contributed by atoms with van der Waals surface area (Å²) in [7, 11) is 1.50. The first-order valence-corrected chi connectivity index (χ1v) is 6.85. The number of methoxy groups -OCH3 is 1. The van der Waals surface area contributed by atoms with Crippen molar-refractivity contribution in [3.8, 4) is 11.8 Å². The number of ether oxygens (including phenoxy) is 1. The number of benzene rings is 2. The number of anilines is 1. The van der Waals surface area contributed by atoms with Crippen LogP contribution in [0.15, 0.2) is 54.1 Å². The number of rotatable bonds is 5. The molecule has 0 aliphatic rings. The van der Waals surface area contributed by atoms with Crippen molar-refractivity contribution in [1.82, 2.24) is 0 Å². The van der Waals surface area contributed by atoms with E-state index in [1.807, 2.05) is 0 Å². The molecule has 0 bridgehead atoms. The van der Waals surface area contributed by atoms with Gasteiger partial charge in [-0.25, -0.2) is 0 Å². The zero-order valence-corrected chi connectivity index (χ0v) is 12.7. The highest BCUT2D eigenvalue weighted by Gasteiger charge is 2.15. The lowest BCUT2D eigenvalue weighted by Gasteiger charge is -2.06. The van der Waals surface area contributed by atoms with Crippen molar-refractivity contribution in [2.45, 2.75) is 0 Å². The quantitative estimate of drug-likeness (QED) is 0.394. The van der Waals surface area contributed by atoms with Crippen LogP contribution in [0.3, 0.4) is 0 Å². The molecule has 24 heavy (non-hydrogen) atoms. The molecule has 1 N–H and O–H groups in total. The van der Waals surface area contributed by atoms with Crippen molar-refractivity contribution in [3.05, 3.63) is 69.8 Å². The molecule has 2 rings (SSSR count). The Morgan fingerprint density at radius 2 is 2.04 bits per heavy atom. The summed E-state index contributed by atoms with van der Waals surface area (Å²) in [6.07, 6.45) is 1.19. The Hall–Kier alpha value is -3.66. The van der Waals surface area contributed by atoms with Gasteiger partial charge in [-0.15, -0.1) is 0 Å². The Bertz CT molecular complexity index is 853.